The average Bonchev–Trinajstić information content (AvgIpc) is 2.86. The van der Waals surface area contributed by atoms with E-state index in [9.17, 15) is 9.59 Å². The highest BCUT2D eigenvalue weighted by atomic mass is 16.5. The summed E-state index contributed by atoms with van der Waals surface area (Å²) in [4.78, 5) is 25.4. The molecule has 1 aliphatic heterocycles. The van der Waals surface area contributed by atoms with Gasteiger partial charge in [0.25, 0.3) is 5.91 Å². The summed E-state index contributed by atoms with van der Waals surface area (Å²) in [5.74, 6) is 0.146. The highest BCUT2D eigenvalue weighted by molar-refractivity contribution is 5.96. The minimum Gasteiger partial charge on any atom is -0.491 e. The molecule has 6 N–H and O–H groups in total. The van der Waals surface area contributed by atoms with E-state index in [1.165, 1.54) is 6.08 Å². The third-order valence-corrected chi connectivity index (χ3v) is 5.71. The smallest absolute Gasteiger partial charge is 0.328 e. The molecule has 1 fully saturated rings. The Labute approximate surface area is 209 Å². The molecule has 1 saturated heterocycles. The van der Waals surface area contributed by atoms with E-state index < -0.39 is 5.97 Å². The summed E-state index contributed by atoms with van der Waals surface area (Å²) in [6.45, 7) is 3.75. The number of rotatable bonds is 10. The van der Waals surface area contributed by atoms with Crippen LogP contribution in [0.15, 0.2) is 48.5 Å². The predicted molar refractivity (Wildman–Crippen MR) is 137 cm³/mol. The number of hydrogen-bond acceptors (Lipinski definition) is 6. The van der Waals surface area contributed by atoms with Crippen molar-refractivity contribution in [2.45, 2.75) is 25.9 Å². The van der Waals surface area contributed by atoms with Gasteiger partial charge in [-0.25, -0.2) is 4.79 Å². The number of nitrogens with two attached hydrogens (primary N) is 1. The number of nitrogens with zero attached hydrogens (tertiary/aromatic N) is 1. The zero-order valence-electron chi connectivity index (χ0n) is 20.1. The van der Waals surface area contributed by atoms with Gasteiger partial charge in [-0.05, 0) is 43.3 Å². The normalized spacial score (nSPS) is 13.9. The summed E-state index contributed by atoms with van der Waals surface area (Å²) in [7, 11) is 0. The fourth-order valence-electron chi connectivity index (χ4n) is 3.74. The third kappa shape index (κ3) is 7.59. The van der Waals surface area contributed by atoms with E-state index in [1.807, 2.05) is 4.90 Å². The van der Waals surface area contributed by atoms with Gasteiger partial charge in [-0.1, -0.05) is 12.1 Å². The van der Waals surface area contributed by atoms with Gasteiger partial charge in [0.2, 0.25) is 0 Å². The van der Waals surface area contributed by atoms with Gasteiger partial charge >= 0.3 is 5.97 Å². The van der Waals surface area contributed by atoms with Crippen LogP contribution in [-0.4, -0.2) is 65.9 Å². The van der Waals surface area contributed by atoms with Gasteiger partial charge in [-0.15, -0.1) is 0 Å². The Morgan fingerprint density at radius 3 is 2.42 bits per heavy atom. The SMILES string of the molecule is CC(=N)N1CCC(Oc2ccc(C(=O)NCCOc3cc(C(=N)N)ccc3/C=C/C(=O)O)cc2)CC1. The zero-order chi connectivity index (χ0) is 26.1. The van der Waals surface area contributed by atoms with Crippen LogP contribution in [0.2, 0.25) is 0 Å². The minimum atomic E-state index is -1.09. The van der Waals surface area contributed by atoms with E-state index >= 15 is 0 Å². The second-order valence-corrected chi connectivity index (χ2v) is 8.36. The lowest BCUT2D eigenvalue weighted by Gasteiger charge is -2.32. The summed E-state index contributed by atoms with van der Waals surface area (Å²) in [6.07, 6.45) is 4.17. The number of benzene rings is 2. The first-order valence-electron chi connectivity index (χ1n) is 11.6. The Bertz CT molecular complexity index is 1140. The number of carboxylic acids is 1. The number of nitrogen functional groups attached to an aromatic ring is 1. The maximum atomic E-state index is 12.5. The molecule has 1 aliphatic rings. The molecule has 2 aromatic carbocycles. The second kappa shape index (κ2) is 12.4. The van der Waals surface area contributed by atoms with E-state index in [4.69, 9.17) is 31.1 Å². The lowest BCUT2D eigenvalue weighted by molar-refractivity contribution is -0.131. The summed E-state index contributed by atoms with van der Waals surface area (Å²) in [5.41, 5.74) is 6.98. The quantitative estimate of drug-likeness (QED) is 0.147. The number of piperidine rings is 1. The van der Waals surface area contributed by atoms with E-state index in [-0.39, 0.29) is 31.0 Å². The Hall–Kier alpha value is -4.34. The lowest BCUT2D eigenvalue weighted by atomic mass is 10.1. The number of carbonyl (C=O) groups is 2. The van der Waals surface area contributed by atoms with Crippen LogP contribution in [0.25, 0.3) is 6.08 Å². The van der Waals surface area contributed by atoms with Crippen molar-refractivity contribution < 1.29 is 24.2 Å². The van der Waals surface area contributed by atoms with Crippen molar-refractivity contribution in [3.63, 3.8) is 0 Å². The number of aliphatic carboxylic acids is 1. The van der Waals surface area contributed by atoms with E-state index in [0.29, 0.717) is 34.0 Å². The number of likely N-dealkylation sites (tertiary alicyclic amines) is 1. The Morgan fingerprint density at radius 1 is 1.14 bits per heavy atom. The summed E-state index contributed by atoms with van der Waals surface area (Å²) in [6, 6.07) is 11.7. The maximum absolute atomic E-state index is 12.5. The summed E-state index contributed by atoms with van der Waals surface area (Å²) < 4.78 is 11.7. The Morgan fingerprint density at radius 2 is 1.81 bits per heavy atom. The number of carbonyl (C=O) groups excluding carboxylic acids is 1. The third-order valence-electron chi connectivity index (χ3n) is 5.71. The van der Waals surface area contributed by atoms with Crippen LogP contribution in [-0.2, 0) is 4.79 Å². The van der Waals surface area contributed by atoms with E-state index in [2.05, 4.69) is 5.32 Å². The molecule has 10 nitrogen and oxygen atoms in total. The van der Waals surface area contributed by atoms with Crippen LogP contribution in [0.4, 0.5) is 0 Å². The molecule has 2 aromatic rings. The number of nitrogens with one attached hydrogen (secondary N) is 3. The van der Waals surface area contributed by atoms with Gasteiger partial charge < -0.3 is 30.5 Å². The van der Waals surface area contributed by atoms with Gasteiger partial charge in [0.1, 0.15) is 30.0 Å². The highest BCUT2D eigenvalue weighted by Gasteiger charge is 2.20. The number of amides is 1. The molecular weight excluding hydrogens is 462 g/mol. The molecule has 36 heavy (non-hydrogen) atoms. The monoisotopic (exact) mass is 493 g/mol. The van der Waals surface area contributed by atoms with Gasteiger partial charge in [0.05, 0.1) is 12.4 Å². The Balaban J connectivity index is 1.49. The number of hydrogen-bond donors (Lipinski definition) is 5. The fourth-order valence-corrected chi connectivity index (χ4v) is 3.74. The van der Waals surface area contributed by atoms with Crippen molar-refractivity contribution in [2.75, 3.05) is 26.2 Å². The first kappa shape index (κ1) is 26.3. The number of amidine groups is 2. The molecule has 1 heterocycles. The van der Waals surface area contributed by atoms with Crippen LogP contribution in [0.5, 0.6) is 11.5 Å². The molecule has 0 bridgehead atoms. The molecule has 0 radical (unpaired) electrons. The highest BCUT2D eigenvalue weighted by Crippen LogP contribution is 2.22. The van der Waals surface area contributed by atoms with Gasteiger partial charge in [0.15, 0.2) is 0 Å². The second-order valence-electron chi connectivity index (χ2n) is 8.36. The topological polar surface area (TPSA) is 162 Å². The van der Waals surface area contributed by atoms with Crippen LogP contribution in [0.3, 0.4) is 0 Å². The Kier molecular flexibility index (Phi) is 9.04. The van der Waals surface area contributed by atoms with Crippen molar-refractivity contribution in [2.24, 2.45) is 5.73 Å². The number of ether oxygens (including phenoxy) is 2. The molecule has 0 aliphatic carbocycles. The molecule has 1 amide bonds. The minimum absolute atomic E-state index is 0.0918. The first-order chi connectivity index (χ1) is 17.2. The standard InChI is InChI=1S/C26H31N5O5/c1-17(27)31-13-10-22(11-14-31)36-21-7-4-19(5-8-21)26(34)30-12-15-35-23-16-20(25(28)29)3-2-18(23)6-9-24(32)33/h2-9,16,22,27H,10-15H2,1H3,(H3,28,29)(H,30,34)(H,32,33)/b9-6+,27-17?. The van der Waals surface area contributed by atoms with Gasteiger partial charge in [0, 0.05) is 48.7 Å². The molecule has 0 saturated carbocycles. The van der Waals surface area contributed by atoms with Crippen molar-refractivity contribution in [1.29, 1.82) is 10.8 Å². The van der Waals surface area contributed by atoms with Crippen molar-refractivity contribution in [1.82, 2.24) is 10.2 Å². The molecular formula is C26H31N5O5. The first-order valence-corrected chi connectivity index (χ1v) is 11.6. The van der Waals surface area contributed by atoms with E-state index in [0.717, 1.165) is 32.0 Å². The van der Waals surface area contributed by atoms with Gasteiger partial charge in [-0.2, -0.15) is 0 Å². The van der Waals surface area contributed by atoms with Crippen LogP contribution in [0.1, 0.15) is 41.3 Å². The molecule has 0 unspecified atom stereocenters. The molecule has 190 valence electrons. The summed E-state index contributed by atoms with van der Waals surface area (Å²) in [5, 5.41) is 27.0. The largest absolute Gasteiger partial charge is 0.491 e. The van der Waals surface area contributed by atoms with Crippen molar-refractivity contribution in [3.8, 4) is 11.5 Å². The van der Waals surface area contributed by atoms with Crippen LogP contribution in [0, 0.1) is 10.8 Å². The van der Waals surface area contributed by atoms with E-state index in [1.54, 1.807) is 49.4 Å². The predicted octanol–water partition coefficient (Wildman–Crippen LogP) is 2.72. The average molecular weight is 494 g/mol. The van der Waals surface area contributed by atoms with Gasteiger partial charge in [-0.3, -0.25) is 15.6 Å². The number of carboxylic acid groups (broad SMARTS) is 1. The van der Waals surface area contributed by atoms with Crippen LogP contribution < -0.4 is 20.5 Å². The lowest BCUT2D eigenvalue weighted by Crippen LogP contribution is -2.40. The molecule has 10 heteroatoms. The zero-order valence-corrected chi connectivity index (χ0v) is 20.1. The molecule has 0 aromatic heterocycles. The molecule has 0 atom stereocenters. The fraction of sp³-hybridized carbons (Fsp3) is 0.308. The van der Waals surface area contributed by atoms with Crippen molar-refractivity contribution in [3.05, 3.63) is 65.2 Å². The summed E-state index contributed by atoms with van der Waals surface area (Å²) >= 11 is 0. The molecule has 3 rings (SSSR count). The molecule has 0 spiro atoms. The maximum Gasteiger partial charge on any atom is 0.328 e. The van der Waals surface area contributed by atoms with Crippen LogP contribution >= 0.6 is 0 Å². The van der Waals surface area contributed by atoms with Crippen molar-refractivity contribution >= 4 is 29.6 Å².